The molecule has 2 fully saturated rings. The van der Waals surface area contributed by atoms with E-state index in [9.17, 15) is 0 Å². The van der Waals surface area contributed by atoms with Gasteiger partial charge in [0.2, 0.25) is 0 Å². The zero-order valence-electron chi connectivity index (χ0n) is 14.7. The average Bonchev–Trinajstić information content (AvgIpc) is 2.39. The molecule has 118 valence electrons. The highest BCUT2D eigenvalue weighted by atomic mass is 15.2. The Hall–Kier alpha value is -0.0400. The van der Waals surface area contributed by atoms with Gasteiger partial charge in [-0.25, -0.2) is 0 Å². The minimum absolute atomic E-state index is 0.365. The van der Waals surface area contributed by atoms with Crippen LogP contribution in [0.25, 0.3) is 0 Å². The summed E-state index contributed by atoms with van der Waals surface area (Å²) in [6, 6.07) is 0. The molecule has 20 heavy (non-hydrogen) atoms. The quantitative estimate of drug-likeness (QED) is 0.660. The van der Waals surface area contributed by atoms with Gasteiger partial charge in [0.05, 0.1) is 0 Å². The molecule has 0 aromatic rings. The van der Waals surface area contributed by atoms with Crippen molar-refractivity contribution in [2.24, 2.45) is 17.3 Å². The predicted octanol–water partition coefficient (Wildman–Crippen LogP) is 5.49. The van der Waals surface area contributed by atoms with Crippen LogP contribution in [0.4, 0.5) is 0 Å². The predicted molar refractivity (Wildman–Crippen MR) is 89.0 cm³/mol. The highest BCUT2D eigenvalue weighted by Gasteiger charge is 2.35. The van der Waals surface area contributed by atoms with Crippen molar-refractivity contribution in [1.82, 2.24) is 4.90 Å². The van der Waals surface area contributed by atoms with Crippen LogP contribution in [0.15, 0.2) is 0 Å². The molecule has 1 heterocycles. The zero-order valence-corrected chi connectivity index (χ0v) is 14.7. The van der Waals surface area contributed by atoms with Gasteiger partial charge in [-0.05, 0) is 83.2 Å². The van der Waals surface area contributed by atoms with Gasteiger partial charge in [0.1, 0.15) is 0 Å². The topological polar surface area (TPSA) is 3.24 Å². The molecule has 1 saturated heterocycles. The van der Waals surface area contributed by atoms with Crippen LogP contribution in [0.5, 0.6) is 0 Å². The van der Waals surface area contributed by atoms with E-state index in [2.05, 4.69) is 39.5 Å². The van der Waals surface area contributed by atoms with Crippen LogP contribution in [-0.2, 0) is 0 Å². The Kier molecular flexibility index (Phi) is 5.21. The molecule has 0 radical (unpaired) electrons. The van der Waals surface area contributed by atoms with Gasteiger partial charge in [0.15, 0.2) is 0 Å². The summed E-state index contributed by atoms with van der Waals surface area (Å²) < 4.78 is 0. The first-order chi connectivity index (χ1) is 9.29. The van der Waals surface area contributed by atoms with Crippen LogP contribution >= 0.6 is 0 Å². The molecule has 0 atom stereocenters. The van der Waals surface area contributed by atoms with E-state index >= 15 is 0 Å². The van der Waals surface area contributed by atoms with E-state index < -0.39 is 0 Å². The Morgan fingerprint density at radius 1 is 0.800 bits per heavy atom. The fraction of sp³-hybridized carbons (Fsp3) is 1.00. The van der Waals surface area contributed by atoms with Crippen molar-refractivity contribution < 1.29 is 0 Å². The second-order valence-corrected chi connectivity index (χ2v) is 9.13. The van der Waals surface area contributed by atoms with Crippen molar-refractivity contribution in [2.45, 2.75) is 91.5 Å². The van der Waals surface area contributed by atoms with Crippen molar-refractivity contribution in [3.05, 3.63) is 0 Å². The third-order valence-electron chi connectivity index (χ3n) is 6.09. The maximum absolute atomic E-state index is 2.68. The summed E-state index contributed by atoms with van der Waals surface area (Å²) in [4.78, 5) is 2.68. The molecule has 0 aromatic heterocycles. The lowest BCUT2D eigenvalue weighted by Crippen LogP contribution is -2.46. The first-order valence-electron chi connectivity index (χ1n) is 9.04. The van der Waals surface area contributed by atoms with Gasteiger partial charge >= 0.3 is 0 Å². The van der Waals surface area contributed by atoms with E-state index in [4.69, 9.17) is 0 Å². The highest BCUT2D eigenvalue weighted by molar-refractivity contribution is 4.87. The molecule has 1 saturated carbocycles. The third-order valence-corrected chi connectivity index (χ3v) is 6.09. The van der Waals surface area contributed by atoms with Crippen LogP contribution in [0, 0.1) is 17.3 Å². The Morgan fingerprint density at radius 2 is 1.35 bits per heavy atom. The molecule has 1 aliphatic heterocycles. The number of piperidine rings is 1. The Labute approximate surface area is 127 Å². The lowest BCUT2D eigenvalue weighted by Gasteiger charge is -2.44. The van der Waals surface area contributed by atoms with Gasteiger partial charge in [-0.3, -0.25) is 4.90 Å². The standard InChI is InChI=1S/C19H37N/c1-18(2,3)20-13-11-16(12-14-20)15-19(4,5)17-9-7-6-8-10-17/h16-17H,6-15H2,1-5H3. The molecule has 0 aromatic carbocycles. The average molecular weight is 280 g/mol. The number of rotatable bonds is 3. The van der Waals surface area contributed by atoms with Crippen LogP contribution in [0.1, 0.15) is 86.0 Å². The van der Waals surface area contributed by atoms with E-state index in [1.54, 1.807) is 0 Å². The maximum atomic E-state index is 2.68. The number of likely N-dealkylation sites (tertiary alicyclic amines) is 1. The first-order valence-corrected chi connectivity index (χ1v) is 9.04. The monoisotopic (exact) mass is 279 g/mol. The van der Waals surface area contributed by atoms with E-state index in [0.29, 0.717) is 11.0 Å². The van der Waals surface area contributed by atoms with Gasteiger partial charge < -0.3 is 0 Å². The van der Waals surface area contributed by atoms with Crippen molar-refractivity contribution in [3.63, 3.8) is 0 Å². The summed E-state index contributed by atoms with van der Waals surface area (Å²) in [5, 5.41) is 0. The minimum atomic E-state index is 0.365. The van der Waals surface area contributed by atoms with Gasteiger partial charge in [0.25, 0.3) is 0 Å². The number of hydrogen-bond donors (Lipinski definition) is 0. The molecule has 2 aliphatic rings. The summed E-state index contributed by atoms with van der Waals surface area (Å²) in [5.41, 5.74) is 0.943. The SMILES string of the molecule is CC(C)(CC1CCN(C(C)(C)C)CC1)C1CCCCC1. The molecular formula is C19H37N. The Morgan fingerprint density at radius 3 is 1.85 bits per heavy atom. The van der Waals surface area contributed by atoms with E-state index in [-0.39, 0.29) is 0 Å². The van der Waals surface area contributed by atoms with Crippen molar-refractivity contribution >= 4 is 0 Å². The van der Waals surface area contributed by atoms with Gasteiger partial charge in [-0.2, -0.15) is 0 Å². The lowest BCUT2D eigenvalue weighted by molar-refractivity contribution is 0.0554. The van der Waals surface area contributed by atoms with Crippen LogP contribution in [0.2, 0.25) is 0 Å². The van der Waals surface area contributed by atoms with Crippen molar-refractivity contribution in [3.8, 4) is 0 Å². The summed E-state index contributed by atoms with van der Waals surface area (Å²) in [5.74, 6) is 1.97. The first kappa shape index (κ1) is 16.3. The molecular weight excluding hydrogens is 242 g/mol. The third kappa shape index (κ3) is 4.23. The fourth-order valence-corrected chi connectivity index (χ4v) is 4.60. The molecule has 1 heteroatoms. The molecule has 0 amide bonds. The smallest absolute Gasteiger partial charge is 0.0125 e. The fourth-order valence-electron chi connectivity index (χ4n) is 4.60. The molecule has 2 rings (SSSR count). The summed E-state index contributed by atoms with van der Waals surface area (Å²) in [6.07, 6.45) is 11.8. The largest absolute Gasteiger partial charge is 0.298 e. The zero-order chi connectivity index (χ0) is 14.8. The molecule has 0 spiro atoms. The second kappa shape index (κ2) is 6.38. The maximum Gasteiger partial charge on any atom is 0.0125 e. The normalized spacial score (nSPS) is 25.1. The summed E-state index contributed by atoms with van der Waals surface area (Å²) in [7, 11) is 0. The van der Waals surface area contributed by atoms with E-state index in [0.717, 1.165) is 11.8 Å². The second-order valence-electron chi connectivity index (χ2n) is 9.13. The van der Waals surface area contributed by atoms with Gasteiger partial charge in [-0.15, -0.1) is 0 Å². The molecule has 0 unspecified atom stereocenters. The van der Waals surface area contributed by atoms with Crippen LogP contribution in [-0.4, -0.2) is 23.5 Å². The van der Waals surface area contributed by atoms with Gasteiger partial charge in [0, 0.05) is 5.54 Å². The number of hydrogen-bond acceptors (Lipinski definition) is 1. The highest BCUT2D eigenvalue weighted by Crippen LogP contribution is 2.44. The van der Waals surface area contributed by atoms with Crippen LogP contribution in [0.3, 0.4) is 0 Å². The summed E-state index contributed by atoms with van der Waals surface area (Å²) >= 11 is 0. The molecule has 1 nitrogen and oxygen atoms in total. The van der Waals surface area contributed by atoms with Gasteiger partial charge in [-0.1, -0.05) is 33.1 Å². The molecule has 1 aliphatic carbocycles. The Balaban J connectivity index is 1.82. The Bertz CT molecular complexity index is 285. The number of nitrogens with zero attached hydrogens (tertiary/aromatic N) is 1. The van der Waals surface area contributed by atoms with E-state index in [1.165, 1.54) is 64.5 Å². The van der Waals surface area contributed by atoms with Crippen molar-refractivity contribution in [1.29, 1.82) is 0 Å². The van der Waals surface area contributed by atoms with Crippen molar-refractivity contribution in [2.75, 3.05) is 13.1 Å². The minimum Gasteiger partial charge on any atom is -0.298 e. The molecule has 0 bridgehead atoms. The van der Waals surface area contributed by atoms with Crippen LogP contribution < -0.4 is 0 Å². The lowest BCUT2D eigenvalue weighted by atomic mass is 9.66. The van der Waals surface area contributed by atoms with E-state index in [1.807, 2.05) is 0 Å². The molecule has 0 N–H and O–H groups in total. The summed E-state index contributed by atoms with van der Waals surface area (Å²) in [6.45, 7) is 14.8.